The van der Waals surface area contributed by atoms with Gasteiger partial charge in [0.25, 0.3) is 0 Å². The van der Waals surface area contributed by atoms with Crippen molar-refractivity contribution in [2.75, 3.05) is 23.7 Å². The molecular weight excluding hydrogens is 246 g/mol. The van der Waals surface area contributed by atoms with E-state index in [9.17, 15) is 10.1 Å². The van der Waals surface area contributed by atoms with Crippen molar-refractivity contribution in [3.8, 4) is 6.07 Å². The quantitative estimate of drug-likeness (QED) is 0.803. The molecule has 0 bridgehead atoms. The van der Waals surface area contributed by atoms with E-state index >= 15 is 0 Å². The van der Waals surface area contributed by atoms with Crippen LogP contribution in [0.4, 0.5) is 10.7 Å². The molecule has 18 heavy (non-hydrogen) atoms. The Morgan fingerprint density at radius 1 is 1.44 bits per heavy atom. The third-order valence-corrected chi connectivity index (χ3v) is 4.08. The van der Waals surface area contributed by atoms with E-state index in [2.05, 4.69) is 17.9 Å². The molecule has 4 nitrogen and oxygen atoms in total. The monoisotopic (exact) mass is 265 g/mol. The van der Waals surface area contributed by atoms with Crippen LogP contribution in [0, 0.1) is 11.3 Å². The van der Waals surface area contributed by atoms with E-state index in [1.54, 1.807) is 6.92 Å². The van der Waals surface area contributed by atoms with E-state index in [-0.39, 0.29) is 5.78 Å². The summed E-state index contributed by atoms with van der Waals surface area (Å²) in [5, 5.41) is 10.0. The molecule has 1 aromatic heterocycles. The molecule has 0 saturated carbocycles. The molecule has 0 amide bonds. The van der Waals surface area contributed by atoms with Crippen LogP contribution < -0.4 is 10.6 Å². The highest BCUT2D eigenvalue weighted by Crippen LogP contribution is 2.38. The topological polar surface area (TPSA) is 70.1 Å². The minimum atomic E-state index is 0.00722. The standard InChI is InChI=1S/C13H19N3OS/c1-4-7-16(6-3)13-9(8-14)11(15)12(18-13)10(17)5-2/h4-7,15H2,1-3H3. The van der Waals surface area contributed by atoms with E-state index in [0.29, 0.717) is 22.5 Å². The molecule has 1 heterocycles. The number of thiophene rings is 1. The number of nitrogen functional groups attached to an aromatic ring is 1. The van der Waals surface area contributed by atoms with Gasteiger partial charge in [-0.1, -0.05) is 13.8 Å². The second-order valence-corrected chi connectivity index (χ2v) is 4.99. The Kier molecular flexibility index (Phi) is 5.17. The van der Waals surface area contributed by atoms with E-state index in [1.807, 2.05) is 6.92 Å². The van der Waals surface area contributed by atoms with Gasteiger partial charge in [-0.3, -0.25) is 4.79 Å². The van der Waals surface area contributed by atoms with Crippen LogP contribution in [0.15, 0.2) is 0 Å². The molecule has 0 saturated heterocycles. The Hall–Kier alpha value is -1.54. The number of ketones is 1. The Morgan fingerprint density at radius 2 is 2.11 bits per heavy atom. The Morgan fingerprint density at radius 3 is 2.56 bits per heavy atom. The van der Waals surface area contributed by atoms with Crippen molar-refractivity contribution < 1.29 is 4.79 Å². The van der Waals surface area contributed by atoms with E-state index in [1.165, 1.54) is 11.3 Å². The van der Waals surface area contributed by atoms with Crippen LogP contribution in [0.5, 0.6) is 0 Å². The molecular formula is C13H19N3OS. The molecule has 2 N–H and O–H groups in total. The Balaban J connectivity index is 3.28. The molecule has 0 atom stereocenters. The molecule has 0 aliphatic carbocycles. The minimum Gasteiger partial charge on any atom is -0.396 e. The average molecular weight is 265 g/mol. The maximum atomic E-state index is 11.8. The minimum absolute atomic E-state index is 0.00722. The summed E-state index contributed by atoms with van der Waals surface area (Å²) in [5.41, 5.74) is 6.72. The van der Waals surface area contributed by atoms with Gasteiger partial charge in [-0.25, -0.2) is 0 Å². The van der Waals surface area contributed by atoms with Crippen LogP contribution in [-0.2, 0) is 0 Å². The van der Waals surface area contributed by atoms with Gasteiger partial charge in [0.1, 0.15) is 16.6 Å². The predicted molar refractivity (Wildman–Crippen MR) is 76.2 cm³/mol. The molecule has 98 valence electrons. The van der Waals surface area contributed by atoms with Gasteiger partial charge in [-0.2, -0.15) is 5.26 Å². The van der Waals surface area contributed by atoms with Gasteiger partial charge in [0.05, 0.1) is 10.6 Å². The lowest BCUT2D eigenvalue weighted by Crippen LogP contribution is -2.23. The summed E-state index contributed by atoms with van der Waals surface area (Å²) in [5.74, 6) is 0.00722. The maximum absolute atomic E-state index is 11.8. The molecule has 0 radical (unpaired) electrons. The van der Waals surface area contributed by atoms with Gasteiger partial charge in [0, 0.05) is 19.5 Å². The largest absolute Gasteiger partial charge is 0.396 e. The number of rotatable bonds is 6. The van der Waals surface area contributed by atoms with Crippen molar-refractivity contribution >= 4 is 27.8 Å². The highest BCUT2D eigenvalue weighted by Gasteiger charge is 2.22. The Bertz CT molecular complexity index is 473. The predicted octanol–water partition coefficient (Wildman–Crippen LogP) is 3.03. The average Bonchev–Trinajstić information content (AvgIpc) is 2.71. The SMILES string of the molecule is CCCN(CC)c1sc(C(=O)CC)c(N)c1C#N. The molecule has 0 aliphatic rings. The van der Waals surface area contributed by atoms with Gasteiger partial charge < -0.3 is 10.6 Å². The van der Waals surface area contributed by atoms with E-state index < -0.39 is 0 Å². The highest BCUT2D eigenvalue weighted by atomic mass is 32.1. The number of hydrogen-bond donors (Lipinski definition) is 1. The molecule has 0 aliphatic heterocycles. The van der Waals surface area contributed by atoms with Crippen molar-refractivity contribution in [3.63, 3.8) is 0 Å². The lowest BCUT2D eigenvalue weighted by atomic mass is 10.2. The molecule has 0 unspecified atom stereocenters. The number of carbonyl (C=O) groups excluding carboxylic acids is 1. The first-order valence-electron chi connectivity index (χ1n) is 6.21. The van der Waals surface area contributed by atoms with Gasteiger partial charge in [-0.15, -0.1) is 11.3 Å². The summed E-state index contributed by atoms with van der Waals surface area (Å²) in [6, 6.07) is 2.13. The van der Waals surface area contributed by atoms with Crippen molar-refractivity contribution in [3.05, 3.63) is 10.4 Å². The fourth-order valence-corrected chi connectivity index (χ4v) is 3.07. The number of hydrogen-bond acceptors (Lipinski definition) is 5. The maximum Gasteiger partial charge on any atom is 0.174 e. The van der Waals surface area contributed by atoms with Crippen LogP contribution in [0.3, 0.4) is 0 Å². The first-order chi connectivity index (χ1) is 8.60. The zero-order chi connectivity index (χ0) is 13.7. The van der Waals surface area contributed by atoms with Crippen molar-refractivity contribution in [1.29, 1.82) is 5.26 Å². The fourth-order valence-electron chi connectivity index (χ4n) is 1.80. The van der Waals surface area contributed by atoms with Gasteiger partial charge in [0.2, 0.25) is 0 Å². The molecule has 1 rings (SSSR count). The molecule has 5 heteroatoms. The zero-order valence-electron chi connectivity index (χ0n) is 11.1. The Labute approximate surface area is 112 Å². The number of anilines is 2. The molecule has 0 aromatic carbocycles. The smallest absolute Gasteiger partial charge is 0.174 e. The number of carbonyl (C=O) groups is 1. The number of nitrogens with two attached hydrogens (primary N) is 1. The summed E-state index contributed by atoms with van der Waals surface area (Å²) in [7, 11) is 0. The van der Waals surface area contributed by atoms with Crippen molar-refractivity contribution in [2.45, 2.75) is 33.6 Å². The van der Waals surface area contributed by atoms with Gasteiger partial charge >= 0.3 is 0 Å². The first-order valence-corrected chi connectivity index (χ1v) is 7.02. The number of Topliss-reactive ketones (excluding diaryl/α,β-unsaturated/α-hetero) is 1. The summed E-state index contributed by atoms with van der Waals surface area (Å²) >= 11 is 1.34. The van der Waals surface area contributed by atoms with Gasteiger partial charge in [-0.05, 0) is 13.3 Å². The second kappa shape index (κ2) is 6.41. The second-order valence-electron chi connectivity index (χ2n) is 3.99. The highest BCUT2D eigenvalue weighted by molar-refractivity contribution is 7.19. The lowest BCUT2D eigenvalue weighted by molar-refractivity contribution is 0.0993. The van der Waals surface area contributed by atoms with Crippen LogP contribution in [-0.4, -0.2) is 18.9 Å². The molecule has 1 aromatic rings. The van der Waals surface area contributed by atoms with Crippen LogP contribution >= 0.6 is 11.3 Å². The lowest BCUT2D eigenvalue weighted by Gasteiger charge is -2.20. The zero-order valence-corrected chi connectivity index (χ0v) is 11.9. The van der Waals surface area contributed by atoms with E-state index in [0.717, 1.165) is 24.5 Å². The third-order valence-electron chi connectivity index (χ3n) is 2.78. The van der Waals surface area contributed by atoms with Crippen molar-refractivity contribution in [2.24, 2.45) is 0 Å². The van der Waals surface area contributed by atoms with Crippen LogP contribution in [0.2, 0.25) is 0 Å². The number of nitrogens with zero attached hydrogens (tertiary/aromatic N) is 2. The normalized spacial score (nSPS) is 10.1. The van der Waals surface area contributed by atoms with Crippen molar-refractivity contribution in [1.82, 2.24) is 0 Å². The van der Waals surface area contributed by atoms with Crippen LogP contribution in [0.1, 0.15) is 48.8 Å². The summed E-state index contributed by atoms with van der Waals surface area (Å²) < 4.78 is 0. The third kappa shape index (κ3) is 2.65. The summed E-state index contributed by atoms with van der Waals surface area (Å²) in [4.78, 5) is 14.4. The molecule has 0 spiro atoms. The molecule has 0 fully saturated rings. The van der Waals surface area contributed by atoms with Crippen LogP contribution in [0.25, 0.3) is 0 Å². The number of nitriles is 1. The summed E-state index contributed by atoms with van der Waals surface area (Å²) in [6.07, 6.45) is 1.41. The van der Waals surface area contributed by atoms with Gasteiger partial charge in [0.15, 0.2) is 5.78 Å². The first kappa shape index (κ1) is 14.5. The summed E-state index contributed by atoms with van der Waals surface area (Å²) in [6.45, 7) is 7.60. The van der Waals surface area contributed by atoms with E-state index in [4.69, 9.17) is 5.73 Å². The fraction of sp³-hybridized carbons (Fsp3) is 0.538.